The van der Waals surface area contributed by atoms with E-state index in [1.807, 2.05) is 6.92 Å². The Morgan fingerprint density at radius 3 is 2.58 bits per heavy atom. The lowest BCUT2D eigenvalue weighted by Gasteiger charge is -2.18. The number of unbranched alkanes of at least 4 members (excludes halogenated alkanes) is 1. The van der Waals surface area contributed by atoms with Gasteiger partial charge in [-0.1, -0.05) is 0 Å². The molecule has 0 saturated carbocycles. The van der Waals surface area contributed by atoms with Crippen molar-refractivity contribution in [3.63, 3.8) is 0 Å². The maximum absolute atomic E-state index is 5.66. The van der Waals surface area contributed by atoms with Crippen molar-refractivity contribution >= 4 is 0 Å². The topological polar surface area (TPSA) is 38.5 Å². The summed E-state index contributed by atoms with van der Waals surface area (Å²) in [7, 11) is 3.85. The molecule has 0 rings (SSSR count). The van der Waals surface area contributed by atoms with Crippen LogP contribution in [0, 0.1) is 0 Å². The molecular formula is C9H22N2O. The van der Waals surface area contributed by atoms with Crippen LogP contribution in [0.1, 0.15) is 19.8 Å². The molecular weight excluding hydrogens is 152 g/mol. The Balaban J connectivity index is 3.14. The molecule has 0 aromatic rings. The average Bonchev–Trinajstić information content (AvgIpc) is 1.97. The standard InChI is InChI=1S/C9H22N2O/c1-9(10)8-11(2)6-4-5-7-12-3/h9H,4-8,10H2,1-3H3. The molecule has 74 valence electrons. The number of nitrogens with two attached hydrogens (primary N) is 1. The van der Waals surface area contributed by atoms with Crippen LogP contribution in [-0.2, 0) is 4.74 Å². The lowest BCUT2D eigenvalue weighted by molar-refractivity contribution is 0.186. The number of methoxy groups -OCH3 is 1. The molecule has 3 nitrogen and oxygen atoms in total. The van der Waals surface area contributed by atoms with Crippen molar-refractivity contribution in [3.05, 3.63) is 0 Å². The second kappa shape index (κ2) is 7.53. The molecule has 0 radical (unpaired) electrons. The fourth-order valence-corrected chi connectivity index (χ4v) is 1.21. The summed E-state index contributed by atoms with van der Waals surface area (Å²) < 4.78 is 4.96. The summed E-state index contributed by atoms with van der Waals surface area (Å²) in [6.07, 6.45) is 2.33. The molecule has 2 N–H and O–H groups in total. The average molecular weight is 174 g/mol. The minimum absolute atomic E-state index is 0.275. The van der Waals surface area contributed by atoms with Crippen LogP contribution in [0.25, 0.3) is 0 Å². The van der Waals surface area contributed by atoms with Crippen LogP contribution < -0.4 is 5.73 Å². The first kappa shape index (κ1) is 11.9. The summed E-state index contributed by atoms with van der Waals surface area (Å²) >= 11 is 0. The van der Waals surface area contributed by atoms with Crippen LogP contribution in [0.3, 0.4) is 0 Å². The molecule has 0 aliphatic rings. The fraction of sp³-hybridized carbons (Fsp3) is 1.00. The van der Waals surface area contributed by atoms with E-state index in [1.165, 1.54) is 6.42 Å². The van der Waals surface area contributed by atoms with E-state index in [-0.39, 0.29) is 6.04 Å². The molecule has 0 fully saturated rings. The zero-order valence-electron chi connectivity index (χ0n) is 8.55. The van der Waals surface area contributed by atoms with E-state index < -0.39 is 0 Å². The van der Waals surface area contributed by atoms with Crippen LogP contribution in [0.15, 0.2) is 0 Å². The molecule has 1 atom stereocenters. The van der Waals surface area contributed by atoms with Gasteiger partial charge in [-0.15, -0.1) is 0 Å². The molecule has 3 heteroatoms. The first-order valence-corrected chi connectivity index (χ1v) is 4.60. The zero-order valence-corrected chi connectivity index (χ0v) is 8.55. The van der Waals surface area contributed by atoms with Crippen molar-refractivity contribution in [1.29, 1.82) is 0 Å². The highest BCUT2D eigenvalue weighted by atomic mass is 16.5. The normalized spacial score (nSPS) is 13.8. The number of nitrogens with zero attached hydrogens (tertiary/aromatic N) is 1. The molecule has 0 bridgehead atoms. The Bertz CT molecular complexity index is 96.5. The van der Waals surface area contributed by atoms with Crippen LogP contribution in [0.4, 0.5) is 0 Å². The Hall–Kier alpha value is -0.120. The lowest BCUT2D eigenvalue weighted by atomic mass is 10.3. The van der Waals surface area contributed by atoms with Crippen LogP contribution >= 0.6 is 0 Å². The van der Waals surface area contributed by atoms with Gasteiger partial charge >= 0.3 is 0 Å². The van der Waals surface area contributed by atoms with E-state index in [4.69, 9.17) is 10.5 Å². The van der Waals surface area contributed by atoms with Crippen molar-refractivity contribution in [2.45, 2.75) is 25.8 Å². The predicted octanol–water partition coefficient (Wildman–Crippen LogP) is 0.692. The molecule has 0 aliphatic heterocycles. The highest BCUT2D eigenvalue weighted by Crippen LogP contribution is 1.93. The SMILES string of the molecule is COCCCCN(C)CC(C)N. The van der Waals surface area contributed by atoms with Gasteiger partial charge in [-0.25, -0.2) is 0 Å². The van der Waals surface area contributed by atoms with E-state index >= 15 is 0 Å². The van der Waals surface area contributed by atoms with Crippen molar-refractivity contribution in [3.8, 4) is 0 Å². The summed E-state index contributed by atoms with van der Waals surface area (Å²) in [4.78, 5) is 2.26. The minimum Gasteiger partial charge on any atom is -0.385 e. The Morgan fingerprint density at radius 1 is 1.42 bits per heavy atom. The molecule has 0 aromatic heterocycles. The van der Waals surface area contributed by atoms with Gasteiger partial charge < -0.3 is 15.4 Å². The third-order valence-corrected chi connectivity index (χ3v) is 1.74. The van der Waals surface area contributed by atoms with Gasteiger partial charge in [-0.3, -0.25) is 0 Å². The molecule has 0 spiro atoms. The third-order valence-electron chi connectivity index (χ3n) is 1.74. The van der Waals surface area contributed by atoms with Gasteiger partial charge in [-0.2, -0.15) is 0 Å². The minimum atomic E-state index is 0.275. The van der Waals surface area contributed by atoms with Crippen molar-refractivity contribution < 1.29 is 4.74 Å². The van der Waals surface area contributed by atoms with Gasteiger partial charge in [-0.05, 0) is 33.4 Å². The Labute approximate surface area is 75.9 Å². The van der Waals surface area contributed by atoms with Gasteiger partial charge in [0.1, 0.15) is 0 Å². The van der Waals surface area contributed by atoms with E-state index in [2.05, 4.69) is 11.9 Å². The fourth-order valence-electron chi connectivity index (χ4n) is 1.21. The summed E-state index contributed by atoms with van der Waals surface area (Å²) in [6, 6.07) is 0.275. The van der Waals surface area contributed by atoms with Crippen molar-refractivity contribution in [2.75, 3.05) is 33.9 Å². The summed E-state index contributed by atoms with van der Waals surface area (Å²) in [5.41, 5.74) is 5.66. The lowest BCUT2D eigenvalue weighted by Crippen LogP contribution is -2.33. The van der Waals surface area contributed by atoms with E-state index in [0.717, 1.165) is 26.1 Å². The largest absolute Gasteiger partial charge is 0.385 e. The van der Waals surface area contributed by atoms with Gasteiger partial charge in [0, 0.05) is 26.3 Å². The molecule has 1 unspecified atom stereocenters. The van der Waals surface area contributed by atoms with E-state index in [0.29, 0.717) is 0 Å². The highest BCUT2D eigenvalue weighted by Gasteiger charge is 2.00. The van der Waals surface area contributed by atoms with Crippen LogP contribution in [-0.4, -0.2) is 44.8 Å². The van der Waals surface area contributed by atoms with E-state index in [1.54, 1.807) is 7.11 Å². The molecule has 0 saturated heterocycles. The van der Waals surface area contributed by atoms with Gasteiger partial charge in [0.15, 0.2) is 0 Å². The third kappa shape index (κ3) is 7.98. The van der Waals surface area contributed by atoms with Crippen molar-refractivity contribution in [2.24, 2.45) is 5.73 Å². The summed E-state index contributed by atoms with van der Waals surface area (Å²) in [6.45, 7) is 5.00. The number of hydrogen-bond acceptors (Lipinski definition) is 3. The van der Waals surface area contributed by atoms with Crippen LogP contribution in [0.2, 0.25) is 0 Å². The second-order valence-corrected chi connectivity index (χ2v) is 3.44. The highest BCUT2D eigenvalue weighted by molar-refractivity contribution is 4.59. The smallest absolute Gasteiger partial charge is 0.0462 e. The molecule has 0 heterocycles. The second-order valence-electron chi connectivity index (χ2n) is 3.44. The maximum Gasteiger partial charge on any atom is 0.0462 e. The van der Waals surface area contributed by atoms with Gasteiger partial charge in [0.05, 0.1) is 0 Å². The molecule has 0 aromatic carbocycles. The predicted molar refractivity (Wildman–Crippen MR) is 52.3 cm³/mol. The molecule has 0 amide bonds. The quantitative estimate of drug-likeness (QED) is 0.577. The monoisotopic (exact) mass is 174 g/mol. The van der Waals surface area contributed by atoms with Gasteiger partial charge in [0.2, 0.25) is 0 Å². The molecule has 0 aliphatic carbocycles. The number of hydrogen-bond donors (Lipinski definition) is 1. The van der Waals surface area contributed by atoms with Crippen LogP contribution in [0.5, 0.6) is 0 Å². The molecule has 12 heavy (non-hydrogen) atoms. The Morgan fingerprint density at radius 2 is 2.08 bits per heavy atom. The number of ether oxygens (including phenoxy) is 1. The first-order chi connectivity index (χ1) is 5.66. The maximum atomic E-state index is 5.66. The zero-order chi connectivity index (χ0) is 9.40. The summed E-state index contributed by atoms with van der Waals surface area (Å²) in [5.74, 6) is 0. The first-order valence-electron chi connectivity index (χ1n) is 4.60. The summed E-state index contributed by atoms with van der Waals surface area (Å²) in [5, 5.41) is 0. The number of likely N-dealkylation sites (N-methyl/N-ethyl adjacent to an activating group) is 1. The van der Waals surface area contributed by atoms with Crippen molar-refractivity contribution in [1.82, 2.24) is 4.90 Å². The van der Waals surface area contributed by atoms with E-state index in [9.17, 15) is 0 Å². The Kier molecular flexibility index (Phi) is 7.45. The van der Waals surface area contributed by atoms with Gasteiger partial charge in [0.25, 0.3) is 0 Å². The number of rotatable bonds is 7.